The van der Waals surface area contributed by atoms with Crippen molar-refractivity contribution in [2.45, 2.75) is 59.3 Å². The van der Waals surface area contributed by atoms with E-state index in [-0.39, 0.29) is 5.41 Å². The SMILES string of the molecule is CCCCC(CC)(CC)Cc1cc(NC(=S)c2c(OC)cccc2OC)on1. The van der Waals surface area contributed by atoms with Crippen LogP contribution in [0.15, 0.2) is 28.8 Å². The van der Waals surface area contributed by atoms with E-state index in [0.717, 1.165) is 25.0 Å². The van der Waals surface area contributed by atoms with Crippen molar-refractivity contribution in [3.05, 3.63) is 35.5 Å². The molecule has 0 saturated carbocycles. The Kier molecular flexibility index (Phi) is 8.30. The van der Waals surface area contributed by atoms with Crippen LogP contribution in [0.5, 0.6) is 11.5 Å². The van der Waals surface area contributed by atoms with Crippen molar-refractivity contribution in [2.24, 2.45) is 5.41 Å². The van der Waals surface area contributed by atoms with E-state index < -0.39 is 0 Å². The second-order valence-electron chi connectivity index (χ2n) is 7.16. The van der Waals surface area contributed by atoms with Crippen LogP contribution in [0.4, 0.5) is 5.88 Å². The average molecular weight is 405 g/mol. The molecule has 28 heavy (non-hydrogen) atoms. The molecule has 0 radical (unpaired) electrons. The summed E-state index contributed by atoms with van der Waals surface area (Å²) in [5.41, 5.74) is 1.92. The lowest BCUT2D eigenvalue weighted by molar-refractivity contribution is 0.224. The Bertz CT molecular complexity index is 747. The molecule has 5 nitrogen and oxygen atoms in total. The van der Waals surface area contributed by atoms with Gasteiger partial charge < -0.3 is 19.3 Å². The molecular weight excluding hydrogens is 372 g/mol. The molecule has 154 valence electrons. The van der Waals surface area contributed by atoms with Gasteiger partial charge in [0.15, 0.2) is 0 Å². The summed E-state index contributed by atoms with van der Waals surface area (Å²) in [7, 11) is 3.22. The van der Waals surface area contributed by atoms with Gasteiger partial charge >= 0.3 is 0 Å². The minimum absolute atomic E-state index is 0.274. The summed E-state index contributed by atoms with van der Waals surface area (Å²) in [6, 6.07) is 7.51. The number of aromatic nitrogens is 1. The number of thiocarbonyl (C=S) groups is 1. The molecule has 1 N–H and O–H groups in total. The molecule has 0 bridgehead atoms. The molecular formula is C22H32N2O3S. The van der Waals surface area contributed by atoms with Gasteiger partial charge in [-0.1, -0.05) is 69.9 Å². The third-order valence-electron chi connectivity index (χ3n) is 5.57. The maximum Gasteiger partial charge on any atom is 0.229 e. The summed E-state index contributed by atoms with van der Waals surface area (Å²) in [6.07, 6.45) is 6.84. The Morgan fingerprint density at radius 3 is 2.32 bits per heavy atom. The molecule has 2 rings (SSSR count). The maximum absolute atomic E-state index is 5.57. The number of hydrogen-bond donors (Lipinski definition) is 1. The summed E-state index contributed by atoms with van der Waals surface area (Å²) in [6.45, 7) is 6.77. The monoisotopic (exact) mass is 404 g/mol. The van der Waals surface area contributed by atoms with Gasteiger partial charge in [0.05, 0.1) is 25.5 Å². The third-order valence-corrected chi connectivity index (χ3v) is 5.87. The van der Waals surface area contributed by atoms with Gasteiger partial charge in [-0.25, -0.2) is 0 Å². The van der Waals surface area contributed by atoms with Gasteiger partial charge in [0, 0.05) is 6.07 Å². The van der Waals surface area contributed by atoms with Gasteiger partial charge in [-0.15, -0.1) is 0 Å². The second-order valence-corrected chi connectivity index (χ2v) is 7.57. The molecule has 0 amide bonds. The van der Waals surface area contributed by atoms with E-state index in [1.54, 1.807) is 14.2 Å². The topological polar surface area (TPSA) is 56.5 Å². The second kappa shape index (κ2) is 10.5. The number of rotatable bonds is 11. The number of unbranched alkanes of at least 4 members (excludes halogenated alkanes) is 1. The lowest BCUT2D eigenvalue weighted by atomic mass is 9.74. The van der Waals surface area contributed by atoms with Crippen molar-refractivity contribution in [3.63, 3.8) is 0 Å². The van der Waals surface area contributed by atoms with Gasteiger partial charge in [0.1, 0.15) is 16.5 Å². The summed E-state index contributed by atoms with van der Waals surface area (Å²) >= 11 is 5.57. The normalized spacial score (nSPS) is 11.3. The van der Waals surface area contributed by atoms with E-state index in [1.807, 2.05) is 24.3 Å². The Balaban J connectivity index is 2.16. The first-order valence-electron chi connectivity index (χ1n) is 10.00. The van der Waals surface area contributed by atoms with Crippen molar-refractivity contribution >= 4 is 23.1 Å². The molecule has 1 aromatic heterocycles. The number of anilines is 1. The van der Waals surface area contributed by atoms with Crippen LogP contribution in [0.1, 0.15) is 64.1 Å². The highest BCUT2D eigenvalue weighted by molar-refractivity contribution is 7.81. The molecule has 0 atom stereocenters. The zero-order valence-electron chi connectivity index (χ0n) is 17.6. The number of hydrogen-bond acceptors (Lipinski definition) is 5. The molecule has 0 aliphatic carbocycles. The zero-order valence-corrected chi connectivity index (χ0v) is 18.4. The molecule has 1 heterocycles. The van der Waals surface area contributed by atoms with Crippen LogP contribution in [0.3, 0.4) is 0 Å². The smallest absolute Gasteiger partial charge is 0.229 e. The number of ether oxygens (including phenoxy) is 2. The highest BCUT2D eigenvalue weighted by atomic mass is 32.1. The minimum Gasteiger partial charge on any atom is -0.496 e. The van der Waals surface area contributed by atoms with Crippen LogP contribution in [-0.2, 0) is 6.42 Å². The molecule has 0 saturated heterocycles. The van der Waals surface area contributed by atoms with Crippen molar-refractivity contribution in [1.82, 2.24) is 5.16 Å². The number of benzene rings is 1. The predicted octanol–water partition coefficient (Wildman–Crippen LogP) is 6.02. The minimum atomic E-state index is 0.274. The summed E-state index contributed by atoms with van der Waals surface area (Å²) in [4.78, 5) is 0.472. The molecule has 2 aromatic rings. The van der Waals surface area contributed by atoms with Gasteiger partial charge in [-0.3, -0.25) is 0 Å². The first kappa shape index (κ1) is 22.2. The molecule has 6 heteroatoms. The Morgan fingerprint density at radius 1 is 1.14 bits per heavy atom. The first-order chi connectivity index (χ1) is 13.5. The summed E-state index contributed by atoms with van der Waals surface area (Å²) < 4.78 is 16.4. The highest BCUT2D eigenvalue weighted by Crippen LogP contribution is 2.37. The lowest BCUT2D eigenvalue weighted by Gasteiger charge is -2.31. The zero-order chi connectivity index (χ0) is 20.6. The number of nitrogens with one attached hydrogen (secondary N) is 1. The molecule has 0 aliphatic heterocycles. The average Bonchev–Trinajstić information content (AvgIpc) is 3.16. The maximum atomic E-state index is 5.57. The van der Waals surface area contributed by atoms with Crippen molar-refractivity contribution in [1.29, 1.82) is 0 Å². The van der Waals surface area contributed by atoms with Gasteiger partial charge in [0.2, 0.25) is 5.88 Å². The molecule has 0 unspecified atom stereocenters. The molecule has 0 spiro atoms. The van der Waals surface area contributed by atoms with E-state index in [4.69, 9.17) is 26.2 Å². The van der Waals surface area contributed by atoms with Crippen molar-refractivity contribution in [2.75, 3.05) is 19.5 Å². The lowest BCUT2D eigenvalue weighted by Crippen LogP contribution is -2.22. The first-order valence-corrected chi connectivity index (χ1v) is 10.4. The van der Waals surface area contributed by atoms with Crippen LogP contribution < -0.4 is 14.8 Å². The molecule has 0 aliphatic rings. The van der Waals surface area contributed by atoms with Crippen LogP contribution in [0.2, 0.25) is 0 Å². The quantitative estimate of drug-likeness (QED) is 0.462. The van der Waals surface area contributed by atoms with Crippen LogP contribution >= 0.6 is 12.2 Å². The van der Waals surface area contributed by atoms with E-state index in [0.29, 0.717) is 27.9 Å². The number of nitrogens with zero attached hydrogens (tertiary/aromatic N) is 1. The summed E-state index contributed by atoms with van der Waals surface area (Å²) in [5, 5.41) is 7.41. The number of methoxy groups -OCH3 is 2. The third kappa shape index (κ3) is 5.25. The van der Waals surface area contributed by atoms with E-state index in [9.17, 15) is 0 Å². The van der Waals surface area contributed by atoms with Gasteiger partial charge in [-0.05, 0) is 30.4 Å². The van der Waals surface area contributed by atoms with E-state index >= 15 is 0 Å². The van der Waals surface area contributed by atoms with Crippen LogP contribution in [0, 0.1) is 5.41 Å². The summed E-state index contributed by atoms with van der Waals surface area (Å²) in [5.74, 6) is 1.82. The van der Waals surface area contributed by atoms with E-state index in [1.165, 1.54) is 19.3 Å². The fourth-order valence-corrected chi connectivity index (χ4v) is 3.88. The van der Waals surface area contributed by atoms with Crippen LogP contribution in [-0.4, -0.2) is 24.4 Å². The van der Waals surface area contributed by atoms with Crippen molar-refractivity contribution in [3.8, 4) is 11.5 Å². The van der Waals surface area contributed by atoms with E-state index in [2.05, 4.69) is 31.2 Å². The Labute approximate surface area is 173 Å². The largest absolute Gasteiger partial charge is 0.496 e. The van der Waals surface area contributed by atoms with Crippen LogP contribution in [0.25, 0.3) is 0 Å². The van der Waals surface area contributed by atoms with Gasteiger partial charge in [-0.2, -0.15) is 0 Å². The Hall–Kier alpha value is -2.08. The highest BCUT2D eigenvalue weighted by Gasteiger charge is 2.27. The fraction of sp³-hybridized carbons (Fsp3) is 0.545. The standard InChI is InChI=1S/C22H32N2O3S/c1-6-9-13-22(7-2,8-3)15-16-14-19(27-24-16)23-21(28)20-17(25-4)11-10-12-18(20)26-5/h10-12,14H,6-9,13,15H2,1-5H3,(H,23,28). The fourth-order valence-electron chi connectivity index (χ4n) is 3.58. The molecule has 1 aromatic carbocycles. The Morgan fingerprint density at radius 2 is 1.79 bits per heavy atom. The predicted molar refractivity (Wildman–Crippen MR) is 118 cm³/mol. The van der Waals surface area contributed by atoms with Gasteiger partial charge in [0.25, 0.3) is 0 Å². The van der Waals surface area contributed by atoms with Crippen molar-refractivity contribution < 1.29 is 14.0 Å². The molecule has 0 fully saturated rings.